The second-order valence-corrected chi connectivity index (χ2v) is 31.7. The number of ketones is 1. The van der Waals surface area contributed by atoms with E-state index in [2.05, 4.69) is 36.9 Å². The lowest BCUT2D eigenvalue weighted by Crippen LogP contribution is -2.47. The van der Waals surface area contributed by atoms with Crippen molar-refractivity contribution in [2.24, 2.45) is 0 Å². The number of hydrogen-bond donors (Lipinski definition) is 3. The van der Waals surface area contributed by atoms with E-state index < -0.39 is 93.7 Å². The zero-order valence-electron chi connectivity index (χ0n) is 57.8. The van der Waals surface area contributed by atoms with Gasteiger partial charge in [0, 0.05) is 42.1 Å². The van der Waals surface area contributed by atoms with Crippen molar-refractivity contribution in [3.8, 4) is 11.5 Å². The third-order valence-electron chi connectivity index (χ3n) is 15.0. The first-order valence-corrected chi connectivity index (χ1v) is 39.8. The molecule has 3 unspecified atom stereocenters. The minimum Gasteiger partial charge on any atom is -0.778 e. The smallest absolute Gasteiger partial charge is 0.416 e. The fraction of sp³-hybridized carbons (Fsp3) is 0.471. The minimum atomic E-state index is -4.71. The maximum Gasteiger partial charge on any atom is 0.416 e. The van der Waals surface area contributed by atoms with Crippen molar-refractivity contribution in [3.05, 3.63) is 135 Å². The number of nitrogens with one attached hydrogen (secondary N) is 1. The van der Waals surface area contributed by atoms with E-state index in [-0.39, 0.29) is 63.3 Å². The quantitative estimate of drug-likeness (QED) is 0.00799. The van der Waals surface area contributed by atoms with E-state index in [9.17, 15) is 69.0 Å². The van der Waals surface area contributed by atoms with Gasteiger partial charge in [0.2, 0.25) is 5.91 Å². The third-order valence-corrected chi connectivity index (χ3v) is 17.6. The van der Waals surface area contributed by atoms with Gasteiger partial charge in [0.25, 0.3) is 17.7 Å². The number of carboxylic acids is 1. The first-order valence-electron chi connectivity index (χ1n) is 31.9. The third kappa shape index (κ3) is 26.5. The highest BCUT2D eigenvalue weighted by Gasteiger charge is 2.42. The van der Waals surface area contributed by atoms with Gasteiger partial charge < -0.3 is 52.7 Å². The second kappa shape index (κ2) is 41.2. The zero-order chi connectivity index (χ0) is 76.6. The molecule has 0 spiro atoms. The standard InChI is InChI=1S/C21H23ClFNO5.C15H22ClNO2.C15H12F3NO4S.C11H11Cl2NO2.C3H8NO5P.C3H9S/c1-2-3-6-9-28-19(25)12-29-18-11-17(16(23)10-15(18)22)24-20(26)13-7-4-5-8-14(13)21(24)27;1-5-13-8-6-7-11(2)15(13)17(14(18)9-16)12(3)10-19-4;1-24(21,22)12-6-9(15(16,17)18)4-5-10(12)13(20)11-7-19-23-14(11)8-2-3-8;1-7-6-16-9-5-3-2-4-8(9)14(7)11(15)10(12)13;5-3(6)1-4-2-10(7,8)9;1-4(2)3/h10-11H,2-9,12H2,1H3;6-8,12H,5,9-10H2,1-4H3;4-8H,2-3H2,1H3;2-5,7,10H,6H2,1H3;4H,1-2H2,(H,5,6)(H2,7,8,9);1-3H3/q;;;;;+1/p-1. The number of carbonyl (C=O) groups is 7. The lowest BCUT2D eigenvalue weighted by Gasteiger charge is -2.35. The molecule has 9 rings (SSSR count). The van der Waals surface area contributed by atoms with Crippen LogP contribution in [0.3, 0.4) is 0 Å². The van der Waals surface area contributed by atoms with Crippen molar-refractivity contribution < 1.29 is 102 Å². The number of alkyl halides is 6. The number of aromatic nitrogens is 1. The fourth-order valence-corrected chi connectivity index (χ4v) is 12.1. The second-order valence-electron chi connectivity index (χ2n) is 23.9. The molecule has 1 aromatic heterocycles. The molecule has 4 aromatic carbocycles. The highest BCUT2D eigenvalue weighted by molar-refractivity contribution is 7.94. The molecule has 4 amide bonds. The van der Waals surface area contributed by atoms with Crippen LogP contribution < -0.4 is 34.4 Å². The predicted octanol–water partition coefficient (Wildman–Crippen LogP) is 12.0. The number of carbonyl (C=O) groups excluding carboxylic acids is 6. The number of ether oxygens (including phenoxy) is 4. The van der Waals surface area contributed by atoms with Crippen molar-refractivity contribution in [1.29, 1.82) is 0 Å². The molecule has 3 N–H and O–H groups in total. The average Bonchev–Trinajstić information content (AvgIpc) is 1.57. The van der Waals surface area contributed by atoms with E-state index in [1.54, 1.807) is 16.9 Å². The summed E-state index contributed by atoms with van der Waals surface area (Å²) in [5, 5.41) is 13.5. The number of imide groups is 1. The summed E-state index contributed by atoms with van der Waals surface area (Å²) in [4.78, 5) is 104. The number of amides is 4. The Kier molecular flexibility index (Phi) is 35.4. The SMILES string of the molecule is CC1COc2ccccc2N1C(=O)C(Cl)Cl.CCCCCOC(=O)COc1cc(N2C(=O)C3=C(CCCC3)C2=O)c(F)cc1Cl.CCc1cccc(C)c1N(C(=O)CCl)C(C)COC.CS(=O)(=O)c1cc(C(F)(F)F)ccc1C(=O)c1cnoc1C1CC1.C[S+](C)C.O=C(O)CNCP(=O)([O-])O. The van der Waals surface area contributed by atoms with Crippen LogP contribution in [-0.2, 0) is 76.1 Å². The number of fused-ring (bicyclic) bond motifs is 1. The van der Waals surface area contributed by atoms with Gasteiger partial charge in [-0.3, -0.25) is 34.1 Å². The molecule has 1 fully saturated rings. The Labute approximate surface area is 613 Å². The van der Waals surface area contributed by atoms with Crippen LogP contribution in [0.5, 0.6) is 11.5 Å². The van der Waals surface area contributed by atoms with E-state index in [1.807, 2.05) is 69.4 Å². The number of methoxy groups -OCH3 is 1. The summed E-state index contributed by atoms with van der Waals surface area (Å²) < 4.78 is 113. The number of benzene rings is 4. The average molecular weight is 1570 g/mol. The predicted molar refractivity (Wildman–Crippen MR) is 382 cm³/mol. The number of anilines is 3. The first kappa shape index (κ1) is 87.8. The molecule has 2 aliphatic heterocycles. The normalized spacial score (nSPS) is 15.5. The monoisotopic (exact) mass is 1570 g/mol. The Morgan fingerprint density at radius 2 is 1.57 bits per heavy atom. The van der Waals surface area contributed by atoms with Gasteiger partial charge in [-0.25, -0.2) is 22.5 Å². The molecular formula is C68H84Cl4F4N5O18PS2. The van der Waals surface area contributed by atoms with Crippen LogP contribution in [0.4, 0.5) is 34.6 Å². The summed E-state index contributed by atoms with van der Waals surface area (Å²) in [6.45, 7) is 10.4. The van der Waals surface area contributed by atoms with Crippen LogP contribution >= 0.6 is 54.0 Å². The molecule has 3 heterocycles. The largest absolute Gasteiger partial charge is 0.778 e. The van der Waals surface area contributed by atoms with Crippen LogP contribution in [0, 0.1) is 12.7 Å². The van der Waals surface area contributed by atoms with Gasteiger partial charge in [-0.05, 0) is 131 Å². The Balaban J connectivity index is 0.000000276. The van der Waals surface area contributed by atoms with Gasteiger partial charge in [0.15, 0.2) is 32.8 Å². The van der Waals surface area contributed by atoms with Crippen molar-refractivity contribution >= 4 is 133 Å². The van der Waals surface area contributed by atoms with Crippen LogP contribution in [0.25, 0.3) is 0 Å². The number of carboxylic acid groups (broad SMARTS) is 1. The van der Waals surface area contributed by atoms with Gasteiger partial charge in [0.05, 0.1) is 101 Å². The summed E-state index contributed by atoms with van der Waals surface area (Å²) >= 11 is 23.0. The molecule has 2 aliphatic carbocycles. The number of halogens is 8. The summed E-state index contributed by atoms with van der Waals surface area (Å²) in [6, 6.07) is 17.5. The maximum absolute atomic E-state index is 14.5. The van der Waals surface area contributed by atoms with E-state index in [1.165, 1.54) is 12.3 Å². The molecule has 562 valence electrons. The lowest BCUT2D eigenvalue weighted by molar-refractivity contribution is -0.193. The highest BCUT2D eigenvalue weighted by Crippen LogP contribution is 2.44. The van der Waals surface area contributed by atoms with Crippen molar-refractivity contribution in [2.45, 2.75) is 133 Å². The summed E-state index contributed by atoms with van der Waals surface area (Å²) in [7, 11) is -6.11. The Morgan fingerprint density at radius 3 is 2.11 bits per heavy atom. The van der Waals surface area contributed by atoms with Gasteiger partial charge >= 0.3 is 18.1 Å². The van der Waals surface area contributed by atoms with Crippen molar-refractivity contribution in [1.82, 2.24) is 10.5 Å². The Morgan fingerprint density at radius 1 is 0.941 bits per heavy atom. The first-order chi connectivity index (χ1) is 47.8. The number of aryl methyl sites for hydroxylation is 2. The van der Waals surface area contributed by atoms with E-state index in [0.717, 1.165) is 97.2 Å². The molecule has 3 atom stereocenters. The van der Waals surface area contributed by atoms with Crippen LogP contribution in [-0.4, -0.2) is 159 Å². The van der Waals surface area contributed by atoms with E-state index in [0.29, 0.717) is 78.3 Å². The molecule has 0 radical (unpaired) electrons. The van der Waals surface area contributed by atoms with Gasteiger partial charge in [-0.2, -0.15) is 13.2 Å². The summed E-state index contributed by atoms with van der Waals surface area (Å²) in [6.07, 6.45) is 11.0. The number of aliphatic carboxylic acids is 1. The minimum absolute atomic E-state index is 0.000883. The van der Waals surface area contributed by atoms with Crippen molar-refractivity contribution in [2.75, 3.05) is 92.0 Å². The number of sulfone groups is 1. The zero-order valence-corrected chi connectivity index (χ0v) is 63.4. The number of rotatable bonds is 23. The Hall–Kier alpha value is -6.63. The van der Waals surface area contributed by atoms with Crippen LogP contribution in [0.15, 0.2) is 99.6 Å². The van der Waals surface area contributed by atoms with Gasteiger partial charge in [0.1, 0.15) is 37.4 Å². The molecule has 1 saturated carbocycles. The van der Waals surface area contributed by atoms with Crippen LogP contribution in [0.1, 0.15) is 130 Å². The molecular weight excluding hydrogens is 1490 g/mol. The molecule has 23 nitrogen and oxygen atoms in total. The highest BCUT2D eigenvalue weighted by atomic mass is 35.5. The number of para-hydroxylation sites is 3. The van der Waals surface area contributed by atoms with Crippen LogP contribution in [0.2, 0.25) is 5.02 Å². The van der Waals surface area contributed by atoms with Crippen molar-refractivity contribution in [3.63, 3.8) is 0 Å². The molecule has 4 aliphatic rings. The fourth-order valence-electron chi connectivity index (χ4n) is 10.2. The molecule has 0 bridgehead atoms. The summed E-state index contributed by atoms with van der Waals surface area (Å²) in [5.41, 5.74) is 3.23. The van der Waals surface area contributed by atoms with Gasteiger partial charge in [-0.15, -0.1) is 11.6 Å². The topological polar surface area (TPSA) is 319 Å². The number of nitrogens with zero attached hydrogens (tertiary/aromatic N) is 4. The molecule has 34 heteroatoms. The van der Waals surface area contributed by atoms with E-state index >= 15 is 0 Å². The Bertz CT molecular complexity index is 3900. The number of esters is 1. The van der Waals surface area contributed by atoms with E-state index in [4.69, 9.17) is 79.9 Å². The maximum atomic E-state index is 14.5. The van der Waals surface area contributed by atoms with Gasteiger partial charge in [-0.1, -0.05) is 97.0 Å². The molecule has 102 heavy (non-hydrogen) atoms. The lowest BCUT2D eigenvalue weighted by atomic mass is 9.93. The molecule has 0 saturated heterocycles. The summed E-state index contributed by atoms with van der Waals surface area (Å²) in [5.74, 6) is -3.64. The molecule has 5 aromatic rings. The number of hydrogen-bond acceptors (Lipinski definition) is 18. The number of unbranched alkanes of at least 4 members (excludes halogenated alkanes) is 2.